The van der Waals surface area contributed by atoms with Crippen molar-refractivity contribution in [2.45, 2.75) is 12.1 Å². The van der Waals surface area contributed by atoms with Crippen molar-refractivity contribution >= 4 is 17.7 Å². The van der Waals surface area contributed by atoms with Crippen LogP contribution in [0.4, 0.5) is 4.79 Å². The summed E-state index contributed by atoms with van der Waals surface area (Å²) in [5.41, 5.74) is 3.55. The van der Waals surface area contributed by atoms with Crippen LogP contribution in [0.3, 0.4) is 0 Å². The van der Waals surface area contributed by atoms with E-state index in [1.54, 1.807) is 25.6 Å². The van der Waals surface area contributed by atoms with Gasteiger partial charge in [-0.15, -0.1) is 0 Å². The Labute approximate surface area is 161 Å². The van der Waals surface area contributed by atoms with Crippen molar-refractivity contribution in [2.24, 2.45) is 0 Å². The van der Waals surface area contributed by atoms with E-state index in [0.717, 1.165) is 22.3 Å². The second-order valence-electron chi connectivity index (χ2n) is 6.21. The molecule has 4 rings (SSSR count). The van der Waals surface area contributed by atoms with Crippen molar-refractivity contribution in [3.05, 3.63) is 83.1 Å². The number of nitrogens with one attached hydrogen (secondary N) is 1. The molecule has 1 fully saturated rings. The fourth-order valence-electron chi connectivity index (χ4n) is 3.25. The minimum Gasteiger partial charge on any atom is -0.497 e. The summed E-state index contributed by atoms with van der Waals surface area (Å²) in [6, 6.07) is 16.8. The lowest BCUT2D eigenvalue weighted by Crippen LogP contribution is -2.19. The second kappa shape index (κ2) is 7.29. The van der Waals surface area contributed by atoms with Crippen molar-refractivity contribution in [1.82, 2.24) is 10.3 Å². The third-order valence-corrected chi connectivity index (χ3v) is 4.89. The van der Waals surface area contributed by atoms with Gasteiger partial charge in [-0.2, -0.15) is 0 Å². The molecule has 136 valence electrons. The molecule has 0 spiro atoms. The molecule has 1 aliphatic heterocycles. The molecular weight excluding hydrogens is 364 g/mol. The number of carbonyl (C=O) groups is 1. The summed E-state index contributed by atoms with van der Waals surface area (Å²) in [6.07, 6.45) is 2.48. The Morgan fingerprint density at radius 2 is 1.93 bits per heavy atom. The number of nitrogens with zero attached hydrogens (tertiary/aromatic N) is 1. The average molecular weight is 381 g/mol. The lowest BCUT2D eigenvalue weighted by atomic mass is 9.94. The lowest BCUT2D eigenvalue weighted by Gasteiger charge is -2.19. The smallest absolute Gasteiger partial charge is 0.408 e. The Hall–Kier alpha value is -3.05. The molecule has 2 aromatic carbocycles. The molecule has 5 nitrogen and oxygen atoms in total. The molecule has 1 aromatic heterocycles. The zero-order valence-electron chi connectivity index (χ0n) is 14.6. The SMILES string of the molecule is COc1cccc([C@H]2OC(=O)N[C@@H]2c2cccc(-c3cnccc3Cl)c2)c1. The number of pyridine rings is 1. The van der Waals surface area contributed by atoms with Gasteiger partial charge in [-0.05, 0) is 41.0 Å². The first-order valence-electron chi connectivity index (χ1n) is 8.46. The quantitative estimate of drug-likeness (QED) is 0.697. The van der Waals surface area contributed by atoms with Gasteiger partial charge in [-0.3, -0.25) is 4.98 Å². The highest BCUT2D eigenvalue weighted by atomic mass is 35.5. The third-order valence-electron chi connectivity index (χ3n) is 4.56. The van der Waals surface area contributed by atoms with E-state index in [1.807, 2.05) is 48.5 Å². The van der Waals surface area contributed by atoms with Crippen LogP contribution in [-0.2, 0) is 4.74 Å². The van der Waals surface area contributed by atoms with E-state index < -0.39 is 12.2 Å². The van der Waals surface area contributed by atoms with Crippen molar-refractivity contribution < 1.29 is 14.3 Å². The zero-order chi connectivity index (χ0) is 18.8. The van der Waals surface area contributed by atoms with E-state index in [-0.39, 0.29) is 6.04 Å². The van der Waals surface area contributed by atoms with Gasteiger partial charge >= 0.3 is 6.09 Å². The number of carbonyl (C=O) groups excluding carboxylic acids is 1. The highest BCUT2D eigenvalue weighted by molar-refractivity contribution is 6.33. The number of hydrogen-bond donors (Lipinski definition) is 1. The molecule has 2 heterocycles. The fourth-order valence-corrected chi connectivity index (χ4v) is 3.46. The second-order valence-corrected chi connectivity index (χ2v) is 6.61. The highest BCUT2D eigenvalue weighted by Gasteiger charge is 2.36. The summed E-state index contributed by atoms with van der Waals surface area (Å²) in [5.74, 6) is 0.713. The molecule has 1 saturated heterocycles. The van der Waals surface area contributed by atoms with Crippen molar-refractivity contribution in [2.75, 3.05) is 7.11 Å². The molecule has 1 N–H and O–H groups in total. The van der Waals surface area contributed by atoms with Gasteiger partial charge < -0.3 is 14.8 Å². The minimum atomic E-state index is -0.452. The zero-order valence-corrected chi connectivity index (χ0v) is 15.3. The monoisotopic (exact) mass is 380 g/mol. The van der Waals surface area contributed by atoms with Crippen LogP contribution in [0.25, 0.3) is 11.1 Å². The summed E-state index contributed by atoms with van der Waals surface area (Å²) >= 11 is 6.30. The van der Waals surface area contributed by atoms with E-state index in [9.17, 15) is 4.79 Å². The van der Waals surface area contributed by atoms with E-state index in [1.165, 1.54) is 0 Å². The number of ether oxygens (including phenoxy) is 2. The Kier molecular flexibility index (Phi) is 4.69. The normalized spacial score (nSPS) is 18.7. The maximum absolute atomic E-state index is 12.0. The van der Waals surface area contributed by atoms with Crippen LogP contribution < -0.4 is 10.1 Å². The molecule has 3 aromatic rings. The van der Waals surface area contributed by atoms with Crippen LogP contribution in [0.15, 0.2) is 67.0 Å². The number of aromatic nitrogens is 1. The van der Waals surface area contributed by atoms with Crippen molar-refractivity contribution in [1.29, 1.82) is 0 Å². The highest BCUT2D eigenvalue weighted by Crippen LogP contribution is 2.39. The number of alkyl carbamates (subject to hydrolysis) is 1. The fraction of sp³-hybridized carbons (Fsp3) is 0.143. The standard InChI is InChI=1S/C21H17ClN2O3/c1-26-16-7-3-6-15(11-16)20-19(24-21(25)27-20)14-5-2-4-13(10-14)17-12-23-9-8-18(17)22/h2-12,19-20H,1H3,(H,24,25)/t19-,20-/m1/s1. The molecule has 0 saturated carbocycles. The maximum Gasteiger partial charge on any atom is 0.408 e. The summed E-state index contributed by atoms with van der Waals surface area (Å²) < 4.78 is 10.8. The largest absolute Gasteiger partial charge is 0.497 e. The van der Waals surface area contributed by atoms with E-state index in [2.05, 4.69) is 10.3 Å². The number of amides is 1. The van der Waals surface area contributed by atoms with E-state index >= 15 is 0 Å². The summed E-state index contributed by atoms with van der Waals surface area (Å²) in [4.78, 5) is 16.1. The molecule has 0 bridgehead atoms. The van der Waals surface area contributed by atoms with E-state index in [0.29, 0.717) is 10.8 Å². The van der Waals surface area contributed by atoms with Gasteiger partial charge in [0.15, 0.2) is 6.10 Å². The van der Waals surface area contributed by atoms with Crippen LogP contribution in [0.1, 0.15) is 23.3 Å². The number of cyclic esters (lactones) is 1. The first kappa shape index (κ1) is 17.4. The molecule has 0 aliphatic carbocycles. The summed E-state index contributed by atoms with van der Waals surface area (Å²) in [5, 5.41) is 3.52. The Morgan fingerprint density at radius 3 is 2.74 bits per heavy atom. The Morgan fingerprint density at radius 1 is 1.11 bits per heavy atom. The molecule has 0 unspecified atom stereocenters. The first-order chi connectivity index (χ1) is 13.2. The molecule has 2 atom stereocenters. The van der Waals surface area contributed by atoms with Crippen LogP contribution in [0.5, 0.6) is 5.75 Å². The van der Waals surface area contributed by atoms with Gasteiger partial charge in [0, 0.05) is 18.0 Å². The minimum absolute atomic E-state index is 0.319. The molecular formula is C21H17ClN2O3. The molecule has 6 heteroatoms. The number of methoxy groups -OCH3 is 1. The molecule has 1 aliphatic rings. The van der Waals surface area contributed by atoms with Gasteiger partial charge in [0.1, 0.15) is 5.75 Å². The Bertz CT molecular complexity index is 992. The average Bonchev–Trinajstić information content (AvgIpc) is 3.10. The summed E-state index contributed by atoms with van der Waals surface area (Å²) in [7, 11) is 1.61. The van der Waals surface area contributed by atoms with Crippen molar-refractivity contribution in [3.63, 3.8) is 0 Å². The lowest BCUT2D eigenvalue weighted by molar-refractivity contribution is 0.132. The van der Waals surface area contributed by atoms with Gasteiger partial charge in [-0.1, -0.05) is 41.9 Å². The number of rotatable bonds is 4. The van der Waals surface area contributed by atoms with Crippen LogP contribution in [0.2, 0.25) is 5.02 Å². The predicted octanol–water partition coefficient (Wildman–Crippen LogP) is 4.93. The number of halogens is 1. The molecule has 27 heavy (non-hydrogen) atoms. The number of benzene rings is 2. The van der Waals surface area contributed by atoms with Gasteiger partial charge in [0.05, 0.1) is 18.2 Å². The molecule has 0 radical (unpaired) electrons. The summed E-state index contributed by atoms with van der Waals surface area (Å²) in [6.45, 7) is 0. The van der Waals surface area contributed by atoms with Crippen LogP contribution in [-0.4, -0.2) is 18.2 Å². The van der Waals surface area contributed by atoms with Gasteiger partial charge in [0.2, 0.25) is 0 Å². The third kappa shape index (κ3) is 3.46. The molecule has 1 amide bonds. The van der Waals surface area contributed by atoms with Crippen LogP contribution in [0, 0.1) is 0 Å². The Balaban J connectivity index is 1.72. The van der Waals surface area contributed by atoms with Gasteiger partial charge in [0.25, 0.3) is 0 Å². The number of hydrogen-bond acceptors (Lipinski definition) is 4. The topological polar surface area (TPSA) is 60.5 Å². The van der Waals surface area contributed by atoms with Crippen molar-refractivity contribution in [3.8, 4) is 16.9 Å². The van der Waals surface area contributed by atoms with Gasteiger partial charge in [-0.25, -0.2) is 4.79 Å². The maximum atomic E-state index is 12.0. The van der Waals surface area contributed by atoms with E-state index in [4.69, 9.17) is 21.1 Å². The first-order valence-corrected chi connectivity index (χ1v) is 8.84. The predicted molar refractivity (Wildman–Crippen MR) is 103 cm³/mol. The van der Waals surface area contributed by atoms with Crippen LogP contribution >= 0.6 is 11.6 Å².